The van der Waals surface area contributed by atoms with Crippen molar-refractivity contribution in [2.75, 3.05) is 13.2 Å². The molecule has 0 spiro atoms. The van der Waals surface area contributed by atoms with Crippen molar-refractivity contribution in [1.82, 2.24) is 14.9 Å². The lowest BCUT2D eigenvalue weighted by molar-refractivity contribution is 0.104. The molecule has 2 heterocycles. The Morgan fingerprint density at radius 2 is 2.56 bits per heavy atom. The number of nitrogens with zero attached hydrogens (tertiary/aromatic N) is 2. The van der Waals surface area contributed by atoms with E-state index in [4.69, 9.17) is 16.3 Å². The second kappa shape index (κ2) is 5.66. The van der Waals surface area contributed by atoms with Crippen LogP contribution in [0.2, 0.25) is 5.15 Å². The van der Waals surface area contributed by atoms with E-state index in [1.807, 2.05) is 11.6 Å². The normalized spacial score (nSPS) is 20.5. The van der Waals surface area contributed by atoms with E-state index in [0.717, 1.165) is 31.9 Å². The van der Waals surface area contributed by atoms with Gasteiger partial charge in [-0.05, 0) is 25.8 Å². The summed E-state index contributed by atoms with van der Waals surface area (Å²) in [6.07, 6.45) is 5.63. The zero-order valence-corrected chi connectivity index (χ0v) is 10.3. The predicted octanol–water partition coefficient (Wildman–Crippen LogP) is 1.73. The van der Waals surface area contributed by atoms with Crippen LogP contribution >= 0.6 is 11.6 Å². The second-order valence-electron chi connectivity index (χ2n) is 4.16. The van der Waals surface area contributed by atoms with Crippen molar-refractivity contribution in [1.29, 1.82) is 0 Å². The molecule has 4 nitrogen and oxygen atoms in total. The van der Waals surface area contributed by atoms with E-state index in [2.05, 4.69) is 10.3 Å². The molecule has 2 rings (SSSR count). The Hall–Kier alpha value is -0.580. The van der Waals surface area contributed by atoms with Gasteiger partial charge in [0, 0.05) is 13.7 Å². The Kier molecular flexibility index (Phi) is 4.21. The van der Waals surface area contributed by atoms with Gasteiger partial charge in [-0.15, -0.1) is 0 Å². The number of imidazole rings is 1. The van der Waals surface area contributed by atoms with Gasteiger partial charge in [-0.25, -0.2) is 4.98 Å². The molecule has 1 atom stereocenters. The summed E-state index contributed by atoms with van der Waals surface area (Å²) in [6, 6.07) is 0. The lowest BCUT2D eigenvalue weighted by Crippen LogP contribution is -2.21. The summed E-state index contributed by atoms with van der Waals surface area (Å²) in [5, 5.41) is 4.04. The molecule has 1 unspecified atom stereocenters. The molecule has 1 fully saturated rings. The highest BCUT2D eigenvalue weighted by Gasteiger charge is 2.14. The average molecular weight is 244 g/mol. The Morgan fingerprint density at radius 1 is 1.69 bits per heavy atom. The fourth-order valence-electron chi connectivity index (χ4n) is 1.92. The molecule has 1 N–H and O–H groups in total. The molecule has 0 aliphatic carbocycles. The first-order valence-corrected chi connectivity index (χ1v) is 6.13. The van der Waals surface area contributed by atoms with Gasteiger partial charge in [-0.1, -0.05) is 11.6 Å². The number of rotatable bonds is 5. The monoisotopic (exact) mass is 243 g/mol. The lowest BCUT2D eigenvalue weighted by Gasteiger charge is -2.09. The Labute approximate surface area is 101 Å². The highest BCUT2D eigenvalue weighted by Crippen LogP contribution is 2.14. The number of nitrogens with one attached hydrogen (secondary N) is 1. The third-order valence-electron chi connectivity index (χ3n) is 2.98. The van der Waals surface area contributed by atoms with Crippen LogP contribution in [0.25, 0.3) is 0 Å². The summed E-state index contributed by atoms with van der Waals surface area (Å²) in [5.74, 6) is 0.970. The van der Waals surface area contributed by atoms with Crippen molar-refractivity contribution < 1.29 is 4.74 Å². The first-order valence-electron chi connectivity index (χ1n) is 5.76. The van der Waals surface area contributed by atoms with E-state index in [1.165, 1.54) is 12.8 Å². The number of hydrogen-bond donors (Lipinski definition) is 1. The quantitative estimate of drug-likeness (QED) is 0.801. The molecule has 0 saturated carbocycles. The molecule has 0 radical (unpaired) electrons. The van der Waals surface area contributed by atoms with Crippen LogP contribution in [0, 0.1) is 0 Å². The molecule has 90 valence electrons. The van der Waals surface area contributed by atoms with E-state index in [-0.39, 0.29) is 0 Å². The molecule has 16 heavy (non-hydrogen) atoms. The van der Waals surface area contributed by atoms with Gasteiger partial charge in [-0.2, -0.15) is 0 Å². The fourth-order valence-corrected chi connectivity index (χ4v) is 2.07. The van der Waals surface area contributed by atoms with Gasteiger partial charge in [0.05, 0.1) is 18.8 Å². The maximum atomic E-state index is 5.90. The number of hydrogen-bond acceptors (Lipinski definition) is 3. The highest BCUT2D eigenvalue weighted by atomic mass is 35.5. The first kappa shape index (κ1) is 11.9. The van der Waals surface area contributed by atoms with Crippen LogP contribution in [0.4, 0.5) is 0 Å². The van der Waals surface area contributed by atoms with Crippen LogP contribution in [0.15, 0.2) is 6.20 Å². The Morgan fingerprint density at radius 3 is 3.19 bits per heavy atom. The molecular weight excluding hydrogens is 226 g/mol. The van der Waals surface area contributed by atoms with Crippen molar-refractivity contribution in [2.45, 2.75) is 31.9 Å². The van der Waals surface area contributed by atoms with Crippen LogP contribution in [0.1, 0.15) is 25.1 Å². The molecule has 1 aliphatic heterocycles. The second-order valence-corrected chi connectivity index (χ2v) is 4.54. The maximum absolute atomic E-state index is 5.90. The summed E-state index contributed by atoms with van der Waals surface area (Å²) < 4.78 is 7.44. The van der Waals surface area contributed by atoms with Crippen LogP contribution in [-0.4, -0.2) is 28.8 Å². The Bertz CT molecular complexity index is 334. The molecule has 1 aliphatic rings. The van der Waals surface area contributed by atoms with Crippen LogP contribution in [0.3, 0.4) is 0 Å². The van der Waals surface area contributed by atoms with Gasteiger partial charge >= 0.3 is 0 Å². The topological polar surface area (TPSA) is 39.1 Å². The Balaban J connectivity index is 1.66. The summed E-state index contributed by atoms with van der Waals surface area (Å²) in [7, 11) is 1.92. The van der Waals surface area contributed by atoms with Gasteiger partial charge in [-0.3, -0.25) is 0 Å². The standard InChI is InChI=1S/C11H18ClN3O/c1-15-10(12)7-14-11(15)8-13-5-4-9-3-2-6-16-9/h7,9,13H,2-6,8H2,1H3. The van der Waals surface area contributed by atoms with E-state index < -0.39 is 0 Å². The van der Waals surface area contributed by atoms with Crippen LogP contribution in [0.5, 0.6) is 0 Å². The molecule has 1 aromatic rings. The van der Waals surface area contributed by atoms with E-state index in [0.29, 0.717) is 11.3 Å². The van der Waals surface area contributed by atoms with Gasteiger partial charge in [0.15, 0.2) is 0 Å². The highest BCUT2D eigenvalue weighted by molar-refractivity contribution is 6.29. The fraction of sp³-hybridized carbons (Fsp3) is 0.727. The van der Waals surface area contributed by atoms with E-state index in [1.54, 1.807) is 6.20 Å². The van der Waals surface area contributed by atoms with Gasteiger partial charge in [0.2, 0.25) is 0 Å². The predicted molar refractivity (Wildman–Crippen MR) is 63.5 cm³/mol. The summed E-state index contributed by atoms with van der Waals surface area (Å²) >= 11 is 5.90. The maximum Gasteiger partial charge on any atom is 0.128 e. The summed E-state index contributed by atoms with van der Waals surface area (Å²) in [5.41, 5.74) is 0. The zero-order chi connectivity index (χ0) is 11.4. The van der Waals surface area contributed by atoms with Gasteiger partial charge < -0.3 is 14.6 Å². The minimum atomic E-state index is 0.456. The lowest BCUT2D eigenvalue weighted by atomic mass is 10.2. The molecule has 1 aromatic heterocycles. The number of halogens is 1. The smallest absolute Gasteiger partial charge is 0.128 e. The molecule has 0 amide bonds. The van der Waals surface area contributed by atoms with Crippen molar-refractivity contribution in [3.8, 4) is 0 Å². The minimum Gasteiger partial charge on any atom is -0.378 e. The van der Waals surface area contributed by atoms with Crippen LogP contribution < -0.4 is 5.32 Å². The molecule has 1 saturated heterocycles. The van der Waals surface area contributed by atoms with E-state index in [9.17, 15) is 0 Å². The minimum absolute atomic E-state index is 0.456. The number of ether oxygens (including phenoxy) is 1. The van der Waals surface area contributed by atoms with Crippen molar-refractivity contribution in [3.05, 3.63) is 17.2 Å². The third-order valence-corrected chi connectivity index (χ3v) is 3.33. The van der Waals surface area contributed by atoms with Gasteiger partial charge in [0.1, 0.15) is 11.0 Å². The van der Waals surface area contributed by atoms with E-state index >= 15 is 0 Å². The molecular formula is C11H18ClN3O. The van der Waals surface area contributed by atoms with Crippen molar-refractivity contribution >= 4 is 11.6 Å². The SMILES string of the molecule is Cn1c(Cl)cnc1CNCCC1CCCO1. The first-order chi connectivity index (χ1) is 7.77. The molecule has 0 aromatic carbocycles. The van der Waals surface area contributed by atoms with Crippen molar-refractivity contribution in [2.24, 2.45) is 7.05 Å². The summed E-state index contributed by atoms with van der Waals surface area (Å²) in [4.78, 5) is 4.22. The largest absolute Gasteiger partial charge is 0.378 e. The third kappa shape index (κ3) is 2.97. The average Bonchev–Trinajstić information content (AvgIpc) is 2.88. The molecule has 5 heteroatoms. The van der Waals surface area contributed by atoms with Gasteiger partial charge in [0.25, 0.3) is 0 Å². The summed E-state index contributed by atoms with van der Waals surface area (Å²) in [6.45, 7) is 2.66. The number of aromatic nitrogens is 2. The zero-order valence-electron chi connectivity index (χ0n) is 9.58. The van der Waals surface area contributed by atoms with Crippen molar-refractivity contribution in [3.63, 3.8) is 0 Å². The molecule has 0 bridgehead atoms. The van der Waals surface area contributed by atoms with Crippen LogP contribution in [-0.2, 0) is 18.3 Å².